The number of ether oxygens (including phenoxy) is 1. The third-order valence-corrected chi connectivity index (χ3v) is 4.46. The highest BCUT2D eigenvalue weighted by atomic mass is 35.5. The molecule has 4 heteroatoms. The van der Waals surface area contributed by atoms with E-state index in [9.17, 15) is 5.11 Å². The molecule has 0 amide bonds. The summed E-state index contributed by atoms with van der Waals surface area (Å²) in [6.07, 6.45) is 1.81. The van der Waals surface area contributed by atoms with Crippen LogP contribution in [0.5, 0.6) is 0 Å². The smallest absolute Gasteiger partial charge is 0.102 e. The van der Waals surface area contributed by atoms with Gasteiger partial charge in [-0.3, -0.25) is 4.90 Å². The summed E-state index contributed by atoms with van der Waals surface area (Å²) in [5.74, 6) is 0. The van der Waals surface area contributed by atoms with Crippen LogP contribution in [0.15, 0.2) is 60.7 Å². The van der Waals surface area contributed by atoms with Crippen LogP contribution >= 0.6 is 12.4 Å². The SMILES string of the molecule is Cl.OC(COC1CCN(Cc2ccccc2)CC1)c1ccccc1. The Morgan fingerprint density at radius 3 is 2.17 bits per heavy atom. The van der Waals surface area contributed by atoms with E-state index in [0.29, 0.717) is 6.61 Å². The van der Waals surface area contributed by atoms with Gasteiger partial charge in [0.2, 0.25) is 0 Å². The van der Waals surface area contributed by atoms with E-state index in [-0.39, 0.29) is 18.5 Å². The summed E-state index contributed by atoms with van der Waals surface area (Å²) in [5, 5.41) is 10.2. The van der Waals surface area contributed by atoms with E-state index in [1.165, 1.54) is 5.56 Å². The van der Waals surface area contributed by atoms with Gasteiger partial charge in [-0.05, 0) is 24.0 Å². The number of aliphatic hydroxyl groups excluding tert-OH is 1. The minimum Gasteiger partial charge on any atom is -0.386 e. The molecule has 1 N–H and O–H groups in total. The summed E-state index contributed by atoms with van der Waals surface area (Å²) in [7, 11) is 0. The first-order valence-electron chi connectivity index (χ1n) is 8.42. The van der Waals surface area contributed by atoms with Gasteiger partial charge in [-0.25, -0.2) is 0 Å². The molecule has 1 atom stereocenters. The second-order valence-corrected chi connectivity index (χ2v) is 6.22. The highest BCUT2D eigenvalue weighted by Gasteiger charge is 2.20. The fourth-order valence-electron chi connectivity index (χ4n) is 3.07. The van der Waals surface area contributed by atoms with E-state index in [0.717, 1.165) is 38.0 Å². The van der Waals surface area contributed by atoms with Gasteiger partial charge in [0.05, 0.1) is 12.7 Å². The fraction of sp³-hybridized carbons (Fsp3) is 0.400. The summed E-state index contributed by atoms with van der Waals surface area (Å²) in [5.41, 5.74) is 2.29. The molecular weight excluding hydrogens is 322 g/mol. The number of aliphatic hydroxyl groups is 1. The number of piperidine rings is 1. The van der Waals surface area contributed by atoms with Gasteiger partial charge in [0.15, 0.2) is 0 Å². The Balaban J connectivity index is 0.00000208. The number of rotatable bonds is 6. The molecular formula is C20H26ClNO2. The van der Waals surface area contributed by atoms with E-state index >= 15 is 0 Å². The van der Waals surface area contributed by atoms with Crippen molar-refractivity contribution in [2.24, 2.45) is 0 Å². The van der Waals surface area contributed by atoms with Crippen molar-refractivity contribution in [3.8, 4) is 0 Å². The molecule has 0 saturated carbocycles. The molecule has 130 valence electrons. The van der Waals surface area contributed by atoms with E-state index in [4.69, 9.17) is 4.74 Å². The van der Waals surface area contributed by atoms with Crippen molar-refractivity contribution in [3.05, 3.63) is 71.8 Å². The third kappa shape index (κ3) is 5.60. The molecule has 0 aliphatic carbocycles. The monoisotopic (exact) mass is 347 g/mol. The Morgan fingerprint density at radius 2 is 1.54 bits per heavy atom. The van der Waals surface area contributed by atoms with E-state index < -0.39 is 6.10 Å². The highest BCUT2D eigenvalue weighted by Crippen LogP contribution is 2.19. The van der Waals surface area contributed by atoms with Crippen LogP contribution in [0.1, 0.15) is 30.1 Å². The second-order valence-electron chi connectivity index (χ2n) is 6.22. The average molecular weight is 348 g/mol. The quantitative estimate of drug-likeness (QED) is 0.862. The zero-order valence-electron chi connectivity index (χ0n) is 13.9. The average Bonchev–Trinajstić information content (AvgIpc) is 2.62. The minimum atomic E-state index is -0.529. The summed E-state index contributed by atoms with van der Waals surface area (Å²) in [4.78, 5) is 2.48. The molecule has 1 aliphatic rings. The molecule has 3 nitrogen and oxygen atoms in total. The summed E-state index contributed by atoms with van der Waals surface area (Å²) >= 11 is 0. The number of hydrogen-bond acceptors (Lipinski definition) is 3. The molecule has 1 fully saturated rings. The van der Waals surface area contributed by atoms with Gasteiger partial charge in [0.25, 0.3) is 0 Å². The fourth-order valence-corrected chi connectivity index (χ4v) is 3.07. The third-order valence-electron chi connectivity index (χ3n) is 4.46. The Bertz CT molecular complexity index is 571. The molecule has 2 aromatic rings. The van der Waals surface area contributed by atoms with Crippen molar-refractivity contribution in [2.45, 2.75) is 31.6 Å². The second kappa shape index (κ2) is 9.80. The number of benzene rings is 2. The molecule has 0 spiro atoms. The summed E-state index contributed by atoms with van der Waals surface area (Å²) < 4.78 is 5.92. The standard InChI is InChI=1S/C20H25NO2.ClH/c22-20(18-9-5-2-6-10-18)16-23-19-11-13-21(14-12-19)15-17-7-3-1-4-8-17;/h1-10,19-20,22H,11-16H2;1H. The van der Waals surface area contributed by atoms with Crippen molar-refractivity contribution in [3.63, 3.8) is 0 Å². The molecule has 1 unspecified atom stereocenters. The zero-order chi connectivity index (χ0) is 15.9. The van der Waals surface area contributed by atoms with Crippen LogP contribution in [0.25, 0.3) is 0 Å². The van der Waals surface area contributed by atoms with Crippen LogP contribution in [0.4, 0.5) is 0 Å². The first-order chi connectivity index (χ1) is 11.3. The van der Waals surface area contributed by atoms with Gasteiger partial charge >= 0.3 is 0 Å². The van der Waals surface area contributed by atoms with Crippen LogP contribution in [0.3, 0.4) is 0 Å². The van der Waals surface area contributed by atoms with Crippen LogP contribution in [-0.2, 0) is 11.3 Å². The Kier molecular flexibility index (Phi) is 7.73. The maximum absolute atomic E-state index is 10.2. The molecule has 24 heavy (non-hydrogen) atoms. The van der Waals surface area contributed by atoms with Crippen LogP contribution < -0.4 is 0 Å². The largest absolute Gasteiger partial charge is 0.386 e. The lowest BCUT2D eigenvalue weighted by molar-refractivity contribution is -0.0365. The molecule has 2 aromatic carbocycles. The maximum atomic E-state index is 10.2. The Morgan fingerprint density at radius 1 is 0.958 bits per heavy atom. The van der Waals surface area contributed by atoms with Crippen molar-refractivity contribution in [1.82, 2.24) is 4.90 Å². The van der Waals surface area contributed by atoms with Crippen molar-refractivity contribution in [1.29, 1.82) is 0 Å². The van der Waals surface area contributed by atoms with Gasteiger partial charge in [-0.15, -0.1) is 12.4 Å². The van der Waals surface area contributed by atoms with Gasteiger partial charge < -0.3 is 9.84 Å². The number of nitrogens with zero attached hydrogens (tertiary/aromatic N) is 1. The number of likely N-dealkylation sites (tertiary alicyclic amines) is 1. The normalized spacial score (nSPS) is 17.2. The lowest BCUT2D eigenvalue weighted by Crippen LogP contribution is -2.37. The molecule has 1 heterocycles. The molecule has 1 saturated heterocycles. The summed E-state index contributed by atoms with van der Waals surface area (Å²) in [6, 6.07) is 20.3. The Hall–Kier alpha value is -1.39. The van der Waals surface area contributed by atoms with E-state index in [2.05, 4.69) is 35.2 Å². The van der Waals surface area contributed by atoms with Crippen LogP contribution in [0, 0.1) is 0 Å². The first kappa shape index (κ1) is 18.9. The van der Waals surface area contributed by atoms with Gasteiger partial charge in [-0.2, -0.15) is 0 Å². The predicted molar refractivity (Wildman–Crippen MR) is 99.3 cm³/mol. The van der Waals surface area contributed by atoms with Gasteiger partial charge in [0.1, 0.15) is 6.10 Å². The van der Waals surface area contributed by atoms with Crippen LogP contribution in [-0.4, -0.2) is 35.8 Å². The zero-order valence-corrected chi connectivity index (χ0v) is 14.7. The van der Waals surface area contributed by atoms with E-state index in [1.54, 1.807) is 0 Å². The molecule has 0 radical (unpaired) electrons. The maximum Gasteiger partial charge on any atom is 0.102 e. The molecule has 1 aliphatic heterocycles. The van der Waals surface area contributed by atoms with Gasteiger partial charge in [0, 0.05) is 19.6 Å². The lowest BCUT2D eigenvalue weighted by Gasteiger charge is -2.32. The van der Waals surface area contributed by atoms with Crippen molar-refractivity contribution in [2.75, 3.05) is 19.7 Å². The number of hydrogen-bond donors (Lipinski definition) is 1. The topological polar surface area (TPSA) is 32.7 Å². The predicted octanol–water partition coefficient (Wildman–Crippen LogP) is 3.82. The van der Waals surface area contributed by atoms with E-state index in [1.807, 2.05) is 30.3 Å². The Labute approximate surface area is 150 Å². The highest BCUT2D eigenvalue weighted by molar-refractivity contribution is 5.85. The van der Waals surface area contributed by atoms with Gasteiger partial charge in [-0.1, -0.05) is 60.7 Å². The lowest BCUT2D eigenvalue weighted by atomic mass is 10.1. The first-order valence-corrected chi connectivity index (χ1v) is 8.42. The minimum absolute atomic E-state index is 0. The van der Waals surface area contributed by atoms with Crippen LogP contribution in [0.2, 0.25) is 0 Å². The number of halogens is 1. The molecule has 0 bridgehead atoms. The van der Waals surface area contributed by atoms with Crippen molar-refractivity contribution < 1.29 is 9.84 Å². The summed E-state index contributed by atoms with van der Waals surface area (Å²) in [6.45, 7) is 3.51. The molecule has 3 rings (SSSR count). The molecule has 0 aromatic heterocycles. The van der Waals surface area contributed by atoms with Crippen molar-refractivity contribution >= 4 is 12.4 Å².